The Balaban J connectivity index is 1.67. The van der Waals surface area contributed by atoms with Crippen LogP contribution in [-0.2, 0) is 12.1 Å². The molecule has 0 fully saturated rings. The topological polar surface area (TPSA) is 60.2 Å². The molecule has 1 aromatic heterocycles. The van der Waals surface area contributed by atoms with E-state index in [-0.39, 0.29) is 6.54 Å². The van der Waals surface area contributed by atoms with Gasteiger partial charge in [0.05, 0.1) is 11.6 Å². The Hall–Kier alpha value is -3.30. The predicted octanol–water partition coefficient (Wildman–Crippen LogP) is 5.32. The van der Waals surface area contributed by atoms with E-state index in [1.54, 1.807) is 42.5 Å². The van der Waals surface area contributed by atoms with Gasteiger partial charge in [0.25, 0.3) is 0 Å². The summed E-state index contributed by atoms with van der Waals surface area (Å²) >= 11 is 12.5. The number of halogens is 2. The zero-order valence-corrected chi connectivity index (χ0v) is 17.8. The fraction of sp³-hybridized carbons (Fsp3) is 0.0833. The van der Waals surface area contributed by atoms with Gasteiger partial charge >= 0.3 is 0 Å². The van der Waals surface area contributed by atoms with E-state index in [0.717, 1.165) is 5.56 Å². The van der Waals surface area contributed by atoms with E-state index in [0.29, 0.717) is 27.1 Å². The number of benzene rings is 3. The number of aromatic nitrogens is 3. The molecule has 0 saturated carbocycles. The van der Waals surface area contributed by atoms with Crippen LogP contribution in [0.3, 0.4) is 0 Å². The molecule has 0 spiro atoms. The zero-order valence-electron chi connectivity index (χ0n) is 16.2. The molecule has 5 nitrogen and oxygen atoms in total. The van der Waals surface area contributed by atoms with Gasteiger partial charge in [0.15, 0.2) is 5.60 Å². The monoisotopic (exact) mass is 449 g/mol. The quantitative estimate of drug-likeness (QED) is 0.419. The van der Waals surface area contributed by atoms with Crippen LogP contribution in [-0.4, -0.2) is 19.9 Å². The molecule has 0 radical (unpaired) electrons. The molecule has 0 bridgehead atoms. The van der Waals surface area contributed by atoms with E-state index in [4.69, 9.17) is 27.9 Å². The highest BCUT2D eigenvalue weighted by molar-refractivity contribution is 6.31. The standard InChI is InChI=1S/C24H17Cl2N3O2/c25-19-6-8-20(9-7-19)31-21-10-11-22(23(26)14-21)24(30,15-29-17-27-16-28-29)13-12-18-4-2-1-3-5-18/h1-11,14,16-17,30H,15H2. The number of hydrogen-bond acceptors (Lipinski definition) is 4. The summed E-state index contributed by atoms with van der Waals surface area (Å²) in [5, 5.41) is 16.5. The molecule has 154 valence electrons. The van der Waals surface area contributed by atoms with E-state index in [1.807, 2.05) is 30.3 Å². The van der Waals surface area contributed by atoms with E-state index >= 15 is 0 Å². The maximum atomic E-state index is 11.5. The lowest BCUT2D eigenvalue weighted by Crippen LogP contribution is -2.30. The minimum absolute atomic E-state index is 0.0595. The Morgan fingerprint density at radius 2 is 1.71 bits per heavy atom. The second kappa shape index (κ2) is 9.23. The normalized spacial score (nSPS) is 12.5. The van der Waals surface area contributed by atoms with Crippen molar-refractivity contribution in [2.45, 2.75) is 12.1 Å². The predicted molar refractivity (Wildman–Crippen MR) is 120 cm³/mol. The molecule has 0 saturated heterocycles. The highest BCUT2D eigenvalue weighted by Gasteiger charge is 2.31. The van der Waals surface area contributed by atoms with Crippen LogP contribution in [0.4, 0.5) is 0 Å². The second-order valence-corrected chi connectivity index (χ2v) is 7.61. The van der Waals surface area contributed by atoms with Crippen molar-refractivity contribution >= 4 is 23.2 Å². The summed E-state index contributed by atoms with van der Waals surface area (Å²) in [6.07, 6.45) is 2.91. The number of ether oxygens (including phenoxy) is 1. The summed E-state index contributed by atoms with van der Waals surface area (Å²) in [4.78, 5) is 3.94. The molecule has 1 atom stereocenters. The number of rotatable bonds is 5. The van der Waals surface area contributed by atoms with E-state index in [2.05, 4.69) is 21.9 Å². The highest BCUT2D eigenvalue weighted by Crippen LogP contribution is 2.34. The lowest BCUT2D eigenvalue weighted by atomic mass is 9.93. The van der Waals surface area contributed by atoms with Crippen LogP contribution in [0.15, 0.2) is 85.5 Å². The van der Waals surface area contributed by atoms with Crippen LogP contribution in [0.25, 0.3) is 0 Å². The summed E-state index contributed by atoms with van der Waals surface area (Å²) < 4.78 is 7.34. The van der Waals surface area contributed by atoms with Gasteiger partial charge in [0.2, 0.25) is 0 Å². The van der Waals surface area contributed by atoms with Gasteiger partial charge in [-0.3, -0.25) is 0 Å². The maximum absolute atomic E-state index is 11.5. The lowest BCUT2D eigenvalue weighted by Gasteiger charge is -2.24. The fourth-order valence-electron chi connectivity index (χ4n) is 2.97. The third kappa shape index (κ3) is 5.25. The first-order chi connectivity index (χ1) is 15.0. The average molecular weight is 450 g/mol. The van der Waals surface area contributed by atoms with Crippen molar-refractivity contribution in [2.24, 2.45) is 0 Å². The van der Waals surface area contributed by atoms with Crippen molar-refractivity contribution in [3.05, 3.63) is 107 Å². The van der Waals surface area contributed by atoms with Crippen LogP contribution in [0.2, 0.25) is 10.0 Å². The lowest BCUT2D eigenvalue weighted by molar-refractivity contribution is 0.0760. The van der Waals surface area contributed by atoms with Crippen molar-refractivity contribution < 1.29 is 9.84 Å². The minimum atomic E-state index is -1.60. The van der Waals surface area contributed by atoms with Crippen molar-refractivity contribution in [1.29, 1.82) is 0 Å². The van der Waals surface area contributed by atoms with Crippen LogP contribution >= 0.6 is 23.2 Å². The largest absolute Gasteiger partial charge is 0.457 e. The van der Waals surface area contributed by atoms with Gasteiger partial charge in [-0.25, -0.2) is 9.67 Å². The molecule has 1 heterocycles. The van der Waals surface area contributed by atoms with E-state index in [9.17, 15) is 5.11 Å². The Bertz CT molecular complexity index is 1220. The van der Waals surface area contributed by atoms with Gasteiger partial charge in [-0.2, -0.15) is 5.10 Å². The highest BCUT2D eigenvalue weighted by atomic mass is 35.5. The molecule has 1 unspecified atom stereocenters. The Kier molecular flexibility index (Phi) is 6.24. The van der Waals surface area contributed by atoms with Crippen LogP contribution in [0.1, 0.15) is 11.1 Å². The molecule has 1 N–H and O–H groups in total. The molecule has 3 aromatic carbocycles. The molecular weight excluding hydrogens is 433 g/mol. The first-order valence-corrected chi connectivity index (χ1v) is 10.1. The van der Waals surface area contributed by atoms with Gasteiger partial charge in [-0.1, -0.05) is 53.2 Å². The number of aliphatic hydroxyl groups is 1. The molecule has 0 amide bonds. The smallest absolute Gasteiger partial charge is 0.172 e. The molecule has 0 aliphatic heterocycles. The van der Waals surface area contributed by atoms with Crippen molar-refractivity contribution in [2.75, 3.05) is 0 Å². The van der Waals surface area contributed by atoms with Gasteiger partial charge in [0, 0.05) is 16.1 Å². The van der Waals surface area contributed by atoms with E-state index < -0.39 is 5.60 Å². The molecule has 4 rings (SSSR count). The average Bonchev–Trinajstić information content (AvgIpc) is 3.27. The van der Waals surface area contributed by atoms with Crippen molar-refractivity contribution in [3.63, 3.8) is 0 Å². The Morgan fingerprint density at radius 3 is 2.39 bits per heavy atom. The first kappa shape index (κ1) is 21.0. The summed E-state index contributed by atoms with van der Waals surface area (Å²) in [7, 11) is 0. The summed E-state index contributed by atoms with van der Waals surface area (Å²) in [5.74, 6) is 7.12. The Labute approximate surface area is 189 Å². The SMILES string of the molecule is OC(C#Cc1ccccc1)(Cn1cncn1)c1ccc(Oc2ccc(Cl)cc2)cc1Cl. The fourth-order valence-corrected chi connectivity index (χ4v) is 3.42. The minimum Gasteiger partial charge on any atom is -0.457 e. The van der Waals surface area contributed by atoms with Gasteiger partial charge in [-0.15, -0.1) is 0 Å². The number of nitrogens with zero attached hydrogens (tertiary/aromatic N) is 3. The van der Waals surface area contributed by atoms with Crippen LogP contribution < -0.4 is 4.74 Å². The zero-order chi connectivity index (χ0) is 21.7. The molecule has 4 aromatic rings. The van der Waals surface area contributed by atoms with E-state index in [1.165, 1.54) is 17.3 Å². The van der Waals surface area contributed by atoms with Crippen molar-refractivity contribution in [1.82, 2.24) is 14.8 Å². The van der Waals surface area contributed by atoms with Gasteiger partial charge < -0.3 is 9.84 Å². The summed E-state index contributed by atoms with van der Waals surface area (Å²) in [5.41, 5.74) is -0.380. The molecule has 31 heavy (non-hydrogen) atoms. The van der Waals surface area contributed by atoms with Gasteiger partial charge in [-0.05, 0) is 54.6 Å². The molecular formula is C24H17Cl2N3O2. The summed E-state index contributed by atoms with van der Waals surface area (Å²) in [6.45, 7) is 0.0595. The molecule has 0 aliphatic rings. The third-order valence-corrected chi connectivity index (χ3v) is 5.04. The summed E-state index contributed by atoms with van der Waals surface area (Å²) in [6, 6.07) is 21.5. The van der Waals surface area contributed by atoms with Crippen LogP contribution in [0.5, 0.6) is 11.5 Å². The Morgan fingerprint density at radius 1 is 0.968 bits per heavy atom. The number of hydrogen-bond donors (Lipinski definition) is 1. The molecule has 0 aliphatic carbocycles. The maximum Gasteiger partial charge on any atom is 0.172 e. The van der Waals surface area contributed by atoms with Gasteiger partial charge in [0.1, 0.15) is 24.2 Å². The molecule has 7 heteroatoms. The first-order valence-electron chi connectivity index (χ1n) is 9.38. The van der Waals surface area contributed by atoms with Crippen molar-refractivity contribution in [3.8, 4) is 23.3 Å². The third-order valence-electron chi connectivity index (χ3n) is 4.48. The van der Waals surface area contributed by atoms with Crippen LogP contribution in [0, 0.1) is 11.8 Å². The second-order valence-electron chi connectivity index (χ2n) is 6.77.